The van der Waals surface area contributed by atoms with Crippen molar-refractivity contribution >= 4 is 56.2 Å². The van der Waals surface area contributed by atoms with Gasteiger partial charge in [0.2, 0.25) is 11.9 Å². The van der Waals surface area contributed by atoms with E-state index in [0.717, 1.165) is 10.1 Å². The molecule has 0 saturated heterocycles. The summed E-state index contributed by atoms with van der Waals surface area (Å²) in [7, 11) is 0. The van der Waals surface area contributed by atoms with Crippen LogP contribution in [0.2, 0.25) is 0 Å². The average molecular weight is 403 g/mol. The van der Waals surface area contributed by atoms with Crippen LogP contribution in [0.1, 0.15) is 20.8 Å². The number of pyridine rings is 1. The fourth-order valence-electron chi connectivity index (χ4n) is 2.94. The van der Waals surface area contributed by atoms with Crippen LogP contribution >= 0.6 is 11.3 Å². The Morgan fingerprint density at radius 3 is 2.79 bits per heavy atom. The van der Waals surface area contributed by atoms with Gasteiger partial charge in [0.25, 0.3) is 11.8 Å². The Morgan fingerprint density at radius 1 is 1.03 bits per heavy atom. The van der Waals surface area contributed by atoms with E-state index in [0.29, 0.717) is 22.5 Å². The third kappa shape index (κ3) is 3.21. The van der Waals surface area contributed by atoms with Crippen molar-refractivity contribution < 1.29 is 9.59 Å². The van der Waals surface area contributed by atoms with Gasteiger partial charge in [0.05, 0.1) is 16.6 Å². The number of H-pyrrole nitrogens is 2. The maximum Gasteiger partial charge on any atom is 0.276 e. The van der Waals surface area contributed by atoms with E-state index in [1.54, 1.807) is 42.9 Å². The number of carbonyl (C=O) groups is 2. The lowest BCUT2D eigenvalue weighted by Crippen LogP contribution is -2.14. The maximum atomic E-state index is 12.6. The number of nitrogens with zero attached hydrogens (tertiary/aromatic N) is 3. The number of hydrogen-bond acceptors (Lipinski definition) is 6. The first-order valence-corrected chi connectivity index (χ1v) is 9.49. The summed E-state index contributed by atoms with van der Waals surface area (Å²) in [5, 5.41) is 8.31. The minimum atomic E-state index is -0.388. The van der Waals surface area contributed by atoms with Crippen molar-refractivity contribution in [3.05, 3.63) is 65.6 Å². The first kappa shape index (κ1) is 17.1. The van der Waals surface area contributed by atoms with Gasteiger partial charge in [-0.25, -0.2) is 9.97 Å². The number of rotatable bonds is 4. The summed E-state index contributed by atoms with van der Waals surface area (Å²) in [4.78, 5) is 43.5. The molecule has 0 fully saturated rings. The first-order chi connectivity index (χ1) is 14.2. The molecular weight excluding hydrogens is 390 g/mol. The van der Waals surface area contributed by atoms with Gasteiger partial charge in [0, 0.05) is 28.7 Å². The molecule has 2 amide bonds. The van der Waals surface area contributed by atoms with Crippen LogP contribution in [0.15, 0.2) is 54.3 Å². The second kappa shape index (κ2) is 6.84. The van der Waals surface area contributed by atoms with Crippen LogP contribution < -0.4 is 10.6 Å². The lowest BCUT2D eigenvalue weighted by atomic mass is 10.2. The summed E-state index contributed by atoms with van der Waals surface area (Å²) >= 11 is 1.54. The van der Waals surface area contributed by atoms with Gasteiger partial charge in [-0.1, -0.05) is 6.07 Å². The molecule has 1 aromatic carbocycles. The van der Waals surface area contributed by atoms with Gasteiger partial charge in [0.15, 0.2) is 0 Å². The summed E-state index contributed by atoms with van der Waals surface area (Å²) in [5.74, 6) is -0.163. The highest BCUT2D eigenvalue weighted by Gasteiger charge is 2.16. The summed E-state index contributed by atoms with van der Waals surface area (Å²) in [5.41, 5.74) is 1.73. The molecule has 0 atom stereocenters. The number of imidazole rings is 2. The molecule has 9 nitrogen and oxygen atoms in total. The molecular formula is C19H13N7O2S. The Hall–Kier alpha value is -4.05. The van der Waals surface area contributed by atoms with E-state index < -0.39 is 0 Å². The number of benzene rings is 1. The first-order valence-electron chi connectivity index (χ1n) is 8.61. The smallest absolute Gasteiger partial charge is 0.276 e. The van der Waals surface area contributed by atoms with Crippen molar-refractivity contribution in [1.29, 1.82) is 0 Å². The molecule has 0 radical (unpaired) electrons. The van der Waals surface area contributed by atoms with Crippen molar-refractivity contribution in [2.75, 3.05) is 10.6 Å². The number of anilines is 2. The Morgan fingerprint density at radius 2 is 1.93 bits per heavy atom. The number of aromatic amines is 2. The standard InChI is InChI=1S/C19H13N7O2S/c27-16(25-18-20-5-6-21-18)11-2-1-3-12-15(11)24-19(23-12)26-17(28)13-8-14-10(9-22-13)4-7-29-14/h1-9H,(H2,20,21,25,27)(H2,23,24,26,28). The monoisotopic (exact) mass is 403 g/mol. The second-order valence-corrected chi connectivity index (χ2v) is 7.11. The molecule has 0 aliphatic heterocycles. The van der Waals surface area contributed by atoms with Crippen molar-refractivity contribution in [1.82, 2.24) is 24.9 Å². The molecule has 4 N–H and O–H groups in total. The number of thiophene rings is 1. The highest BCUT2D eigenvalue weighted by molar-refractivity contribution is 7.17. The zero-order valence-corrected chi connectivity index (χ0v) is 15.6. The van der Waals surface area contributed by atoms with E-state index in [9.17, 15) is 9.59 Å². The normalized spacial score (nSPS) is 11.0. The molecule has 0 bridgehead atoms. The number of carbonyl (C=O) groups excluding carboxylic acids is 2. The topological polar surface area (TPSA) is 128 Å². The average Bonchev–Trinajstić information content (AvgIpc) is 3.46. The Kier molecular flexibility index (Phi) is 4.03. The fraction of sp³-hybridized carbons (Fsp3) is 0. The predicted octanol–water partition coefficient (Wildman–Crippen LogP) is 3.40. The molecule has 4 heterocycles. The molecule has 0 unspecified atom stereocenters. The molecule has 5 rings (SSSR count). The van der Waals surface area contributed by atoms with Crippen LogP contribution in [0.25, 0.3) is 21.1 Å². The Labute approximate surface area is 167 Å². The Bertz CT molecular complexity index is 1350. The molecule has 0 saturated carbocycles. The molecule has 142 valence electrons. The van der Waals surface area contributed by atoms with Crippen molar-refractivity contribution in [2.24, 2.45) is 0 Å². The number of hydrogen-bond donors (Lipinski definition) is 4. The van der Waals surface area contributed by atoms with Crippen LogP contribution in [0.3, 0.4) is 0 Å². The number of amides is 2. The van der Waals surface area contributed by atoms with E-state index in [1.165, 1.54) is 11.3 Å². The van der Waals surface area contributed by atoms with Gasteiger partial charge in [0.1, 0.15) is 5.69 Å². The predicted molar refractivity (Wildman–Crippen MR) is 110 cm³/mol. The molecule has 0 aliphatic carbocycles. The zero-order valence-electron chi connectivity index (χ0n) is 14.8. The number of fused-ring (bicyclic) bond motifs is 2. The minimum absolute atomic E-state index is 0.233. The maximum absolute atomic E-state index is 12.6. The molecule has 29 heavy (non-hydrogen) atoms. The van der Waals surface area contributed by atoms with Crippen molar-refractivity contribution in [3.8, 4) is 0 Å². The summed E-state index contributed by atoms with van der Waals surface area (Å²) in [6.45, 7) is 0. The van der Waals surface area contributed by atoms with Gasteiger partial charge in [-0.3, -0.25) is 25.2 Å². The van der Waals surface area contributed by atoms with Crippen LogP contribution in [0.5, 0.6) is 0 Å². The summed E-state index contributed by atoms with van der Waals surface area (Å²) in [6, 6.07) is 8.82. The van der Waals surface area contributed by atoms with Gasteiger partial charge in [-0.05, 0) is 29.6 Å². The van der Waals surface area contributed by atoms with E-state index >= 15 is 0 Å². The van der Waals surface area contributed by atoms with Crippen LogP contribution in [0, 0.1) is 0 Å². The lowest BCUT2D eigenvalue weighted by Gasteiger charge is -2.03. The summed E-state index contributed by atoms with van der Waals surface area (Å²) in [6.07, 6.45) is 4.82. The molecule has 0 aliphatic rings. The molecule has 10 heteroatoms. The second-order valence-electron chi connectivity index (χ2n) is 6.16. The van der Waals surface area contributed by atoms with Crippen molar-refractivity contribution in [2.45, 2.75) is 0 Å². The SMILES string of the molecule is O=C(Nc1nc2cccc(C(=O)Nc3ncc[nH]3)c2[nH]1)c1cc2sccc2cn1. The van der Waals surface area contributed by atoms with E-state index in [-0.39, 0.29) is 23.5 Å². The number of nitrogens with one attached hydrogen (secondary N) is 4. The molecule has 4 aromatic heterocycles. The van der Waals surface area contributed by atoms with Gasteiger partial charge in [-0.2, -0.15) is 0 Å². The largest absolute Gasteiger partial charge is 0.331 e. The minimum Gasteiger partial charge on any atom is -0.331 e. The fourth-order valence-corrected chi connectivity index (χ4v) is 3.74. The van der Waals surface area contributed by atoms with Crippen LogP contribution in [-0.2, 0) is 0 Å². The van der Waals surface area contributed by atoms with E-state index in [2.05, 4.69) is 35.6 Å². The van der Waals surface area contributed by atoms with Gasteiger partial charge >= 0.3 is 0 Å². The van der Waals surface area contributed by atoms with Gasteiger partial charge in [-0.15, -0.1) is 11.3 Å². The van der Waals surface area contributed by atoms with E-state index in [1.807, 2.05) is 11.4 Å². The Balaban J connectivity index is 1.42. The third-order valence-corrected chi connectivity index (χ3v) is 5.17. The third-order valence-electron chi connectivity index (χ3n) is 4.30. The number of para-hydroxylation sites is 1. The van der Waals surface area contributed by atoms with Gasteiger partial charge < -0.3 is 9.97 Å². The molecule has 0 spiro atoms. The number of aromatic nitrogens is 5. The van der Waals surface area contributed by atoms with Crippen LogP contribution in [-0.4, -0.2) is 36.7 Å². The van der Waals surface area contributed by atoms with E-state index in [4.69, 9.17) is 0 Å². The van der Waals surface area contributed by atoms with Crippen molar-refractivity contribution in [3.63, 3.8) is 0 Å². The lowest BCUT2D eigenvalue weighted by molar-refractivity contribution is 0.101. The zero-order chi connectivity index (χ0) is 19.8. The highest BCUT2D eigenvalue weighted by atomic mass is 32.1. The molecule has 5 aromatic rings. The highest BCUT2D eigenvalue weighted by Crippen LogP contribution is 2.22. The quantitative estimate of drug-likeness (QED) is 0.366. The van der Waals surface area contributed by atoms with Crippen LogP contribution in [0.4, 0.5) is 11.9 Å². The summed E-state index contributed by atoms with van der Waals surface area (Å²) < 4.78 is 0.978.